The van der Waals surface area contributed by atoms with E-state index < -0.39 is 17.4 Å². The van der Waals surface area contributed by atoms with E-state index in [1.165, 1.54) is 29.7 Å². The highest BCUT2D eigenvalue weighted by Gasteiger charge is 2.22. The third-order valence-corrected chi connectivity index (χ3v) is 4.89. The van der Waals surface area contributed by atoms with Gasteiger partial charge in [0.2, 0.25) is 0 Å². The van der Waals surface area contributed by atoms with E-state index in [0.29, 0.717) is 10.7 Å². The van der Waals surface area contributed by atoms with Gasteiger partial charge in [-0.05, 0) is 35.9 Å². The first-order chi connectivity index (χ1) is 13.9. The molecule has 1 heterocycles. The fourth-order valence-corrected chi connectivity index (χ4v) is 3.17. The van der Waals surface area contributed by atoms with E-state index in [0.717, 1.165) is 5.56 Å². The number of halogens is 1. The number of rotatable bonds is 5. The van der Waals surface area contributed by atoms with Crippen LogP contribution in [0, 0.1) is 0 Å². The summed E-state index contributed by atoms with van der Waals surface area (Å²) in [5.41, 5.74) is 0.898. The number of amides is 1. The summed E-state index contributed by atoms with van der Waals surface area (Å²) in [6.07, 6.45) is 1.60. The number of anilines is 1. The maximum Gasteiger partial charge on any atom is 0.339 e. The Labute approximate surface area is 172 Å². The molecule has 1 aromatic heterocycles. The van der Waals surface area contributed by atoms with Crippen LogP contribution < -0.4 is 10.5 Å². The number of methoxy groups -OCH3 is 1. The standard InChI is InChI=1S/C22H19ClN2O4/c1-24(19-12-6-4-9-16(19)22(28)29-2)20(26)17-10-7-13-25(21(17)27)14-15-8-3-5-11-18(15)23/h3-13H,14H2,1-2H3. The lowest BCUT2D eigenvalue weighted by molar-refractivity contribution is 0.0601. The normalized spacial score (nSPS) is 10.4. The Hall–Kier alpha value is -3.38. The highest BCUT2D eigenvalue weighted by atomic mass is 35.5. The molecule has 0 aliphatic heterocycles. The molecule has 29 heavy (non-hydrogen) atoms. The van der Waals surface area contributed by atoms with Gasteiger partial charge in [0.05, 0.1) is 24.9 Å². The van der Waals surface area contributed by atoms with E-state index >= 15 is 0 Å². The average molecular weight is 411 g/mol. The van der Waals surface area contributed by atoms with Crippen LogP contribution in [0.15, 0.2) is 71.7 Å². The van der Waals surface area contributed by atoms with E-state index in [2.05, 4.69) is 0 Å². The van der Waals surface area contributed by atoms with Crippen molar-refractivity contribution in [2.75, 3.05) is 19.1 Å². The molecule has 0 atom stereocenters. The van der Waals surface area contributed by atoms with Crippen LogP contribution in [-0.2, 0) is 11.3 Å². The Morgan fingerprint density at radius 3 is 2.38 bits per heavy atom. The molecule has 6 nitrogen and oxygen atoms in total. The second-order valence-electron chi connectivity index (χ2n) is 6.32. The van der Waals surface area contributed by atoms with Crippen molar-refractivity contribution in [1.29, 1.82) is 0 Å². The summed E-state index contributed by atoms with van der Waals surface area (Å²) < 4.78 is 6.20. The van der Waals surface area contributed by atoms with Crippen molar-refractivity contribution in [2.45, 2.75) is 6.54 Å². The Bertz CT molecular complexity index is 1120. The van der Waals surface area contributed by atoms with Crippen LogP contribution in [0.1, 0.15) is 26.3 Å². The number of aromatic nitrogens is 1. The third kappa shape index (κ3) is 4.22. The van der Waals surface area contributed by atoms with Crippen LogP contribution in [0.3, 0.4) is 0 Å². The number of esters is 1. The quantitative estimate of drug-likeness (QED) is 0.602. The van der Waals surface area contributed by atoms with Gasteiger partial charge in [0.15, 0.2) is 0 Å². The molecule has 0 aliphatic carbocycles. The van der Waals surface area contributed by atoms with Crippen molar-refractivity contribution in [3.8, 4) is 0 Å². The first-order valence-corrected chi connectivity index (χ1v) is 9.20. The Morgan fingerprint density at radius 2 is 1.66 bits per heavy atom. The number of ether oxygens (including phenoxy) is 1. The zero-order valence-corrected chi connectivity index (χ0v) is 16.7. The van der Waals surface area contributed by atoms with Crippen LogP contribution in [0.4, 0.5) is 5.69 Å². The summed E-state index contributed by atoms with van der Waals surface area (Å²) in [5.74, 6) is -1.09. The van der Waals surface area contributed by atoms with Gasteiger partial charge in [-0.3, -0.25) is 9.59 Å². The summed E-state index contributed by atoms with van der Waals surface area (Å²) in [6.45, 7) is 0.238. The molecule has 2 aromatic carbocycles. The lowest BCUT2D eigenvalue weighted by atomic mass is 10.1. The first kappa shape index (κ1) is 20.4. The van der Waals surface area contributed by atoms with E-state index in [9.17, 15) is 14.4 Å². The highest BCUT2D eigenvalue weighted by molar-refractivity contribution is 6.31. The van der Waals surface area contributed by atoms with E-state index in [-0.39, 0.29) is 17.7 Å². The van der Waals surface area contributed by atoms with Gasteiger partial charge in [-0.1, -0.05) is 41.9 Å². The van der Waals surface area contributed by atoms with Gasteiger partial charge in [0.1, 0.15) is 5.56 Å². The number of carbonyl (C=O) groups excluding carboxylic acids is 2. The van der Waals surface area contributed by atoms with Crippen LogP contribution >= 0.6 is 11.6 Å². The van der Waals surface area contributed by atoms with Crippen molar-refractivity contribution < 1.29 is 14.3 Å². The maximum atomic E-state index is 13.0. The predicted octanol–water partition coefficient (Wildman–Crippen LogP) is 3.61. The van der Waals surface area contributed by atoms with E-state index in [1.807, 2.05) is 18.2 Å². The largest absolute Gasteiger partial charge is 0.465 e. The van der Waals surface area contributed by atoms with E-state index in [1.54, 1.807) is 42.6 Å². The van der Waals surface area contributed by atoms with Gasteiger partial charge in [-0.15, -0.1) is 0 Å². The lowest BCUT2D eigenvalue weighted by Gasteiger charge is -2.20. The molecular formula is C22H19ClN2O4. The molecule has 3 rings (SSSR count). The molecular weight excluding hydrogens is 392 g/mol. The molecule has 0 N–H and O–H groups in total. The molecule has 0 spiro atoms. The summed E-state index contributed by atoms with van der Waals surface area (Å²) in [7, 11) is 2.78. The topological polar surface area (TPSA) is 68.6 Å². The molecule has 148 valence electrons. The van der Waals surface area contributed by atoms with Crippen molar-refractivity contribution in [2.24, 2.45) is 0 Å². The smallest absolute Gasteiger partial charge is 0.339 e. The zero-order chi connectivity index (χ0) is 21.0. The lowest BCUT2D eigenvalue weighted by Crippen LogP contribution is -2.35. The number of nitrogens with zero attached hydrogens (tertiary/aromatic N) is 2. The monoisotopic (exact) mass is 410 g/mol. The molecule has 0 radical (unpaired) electrons. The summed E-state index contributed by atoms with van der Waals surface area (Å²) >= 11 is 6.19. The van der Waals surface area contributed by atoms with Crippen molar-refractivity contribution in [3.05, 3.63) is 98.9 Å². The van der Waals surface area contributed by atoms with Gasteiger partial charge in [0.25, 0.3) is 11.5 Å². The number of para-hydroxylation sites is 1. The van der Waals surface area contributed by atoms with Crippen molar-refractivity contribution in [3.63, 3.8) is 0 Å². The highest BCUT2D eigenvalue weighted by Crippen LogP contribution is 2.21. The zero-order valence-electron chi connectivity index (χ0n) is 16.0. The second kappa shape index (κ2) is 8.75. The number of benzene rings is 2. The number of pyridine rings is 1. The molecule has 0 saturated carbocycles. The molecule has 3 aromatic rings. The molecule has 1 amide bonds. The maximum absolute atomic E-state index is 13.0. The minimum absolute atomic E-state index is 0.0123. The fourth-order valence-electron chi connectivity index (χ4n) is 2.97. The Kier molecular flexibility index (Phi) is 6.14. The van der Waals surface area contributed by atoms with Crippen LogP contribution in [0.5, 0.6) is 0 Å². The van der Waals surface area contributed by atoms with Gasteiger partial charge < -0.3 is 14.2 Å². The van der Waals surface area contributed by atoms with Crippen LogP contribution in [0.2, 0.25) is 5.02 Å². The van der Waals surface area contributed by atoms with Crippen molar-refractivity contribution >= 4 is 29.2 Å². The average Bonchev–Trinajstić information content (AvgIpc) is 2.75. The molecule has 0 aliphatic rings. The molecule has 7 heteroatoms. The SMILES string of the molecule is COC(=O)c1ccccc1N(C)C(=O)c1cccn(Cc2ccccc2Cl)c1=O. The van der Waals surface area contributed by atoms with Crippen molar-refractivity contribution in [1.82, 2.24) is 4.57 Å². The van der Waals surface area contributed by atoms with Gasteiger partial charge >= 0.3 is 5.97 Å². The van der Waals surface area contributed by atoms with Gasteiger partial charge in [-0.25, -0.2) is 4.79 Å². The predicted molar refractivity (Wildman–Crippen MR) is 112 cm³/mol. The summed E-state index contributed by atoms with van der Waals surface area (Å²) in [5, 5.41) is 0.542. The van der Waals surface area contributed by atoms with Gasteiger partial charge in [-0.2, -0.15) is 0 Å². The van der Waals surface area contributed by atoms with Gasteiger partial charge in [0, 0.05) is 18.3 Å². The Balaban J connectivity index is 1.96. The summed E-state index contributed by atoms with van der Waals surface area (Å²) in [6, 6.07) is 16.9. The minimum Gasteiger partial charge on any atom is -0.465 e. The minimum atomic E-state index is -0.565. The molecule has 0 saturated heterocycles. The first-order valence-electron chi connectivity index (χ1n) is 8.82. The van der Waals surface area contributed by atoms with Crippen LogP contribution in [-0.4, -0.2) is 30.6 Å². The number of hydrogen-bond donors (Lipinski definition) is 0. The molecule has 0 fully saturated rings. The van der Waals surface area contributed by atoms with E-state index in [4.69, 9.17) is 16.3 Å². The molecule has 0 bridgehead atoms. The number of hydrogen-bond acceptors (Lipinski definition) is 4. The third-order valence-electron chi connectivity index (χ3n) is 4.52. The summed E-state index contributed by atoms with van der Waals surface area (Å²) in [4.78, 5) is 39.2. The van der Waals surface area contributed by atoms with Crippen LogP contribution in [0.25, 0.3) is 0 Å². The Morgan fingerprint density at radius 1 is 1.00 bits per heavy atom. The number of carbonyl (C=O) groups is 2. The molecule has 0 unspecified atom stereocenters. The second-order valence-corrected chi connectivity index (χ2v) is 6.73. The fraction of sp³-hybridized carbons (Fsp3) is 0.136.